The van der Waals surface area contributed by atoms with Gasteiger partial charge in [-0.15, -0.1) is 11.3 Å². The zero-order valence-corrected chi connectivity index (χ0v) is 24.0. The normalized spacial score (nSPS) is 22.0. The minimum atomic E-state index is -4.73. The Kier molecular flexibility index (Phi) is 8.28. The number of aromatic nitrogens is 2. The fourth-order valence-corrected chi connectivity index (χ4v) is 6.34. The Morgan fingerprint density at radius 1 is 1.18 bits per heavy atom. The first-order valence-corrected chi connectivity index (χ1v) is 14.0. The van der Waals surface area contributed by atoms with Crippen LogP contribution in [0.15, 0.2) is 12.3 Å². The minimum Gasteiger partial charge on any atom is -0.383 e. The summed E-state index contributed by atoms with van der Waals surface area (Å²) < 4.78 is 48.4. The van der Waals surface area contributed by atoms with Gasteiger partial charge in [0, 0.05) is 43.5 Å². The first-order chi connectivity index (χ1) is 18.2. The van der Waals surface area contributed by atoms with Crippen LogP contribution in [0.1, 0.15) is 79.7 Å². The highest BCUT2D eigenvalue weighted by molar-refractivity contribution is 7.17. The van der Waals surface area contributed by atoms with Crippen LogP contribution < -0.4 is 5.32 Å². The average Bonchev–Trinajstić information content (AvgIpc) is 3.55. The van der Waals surface area contributed by atoms with Crippen molar-refractivity contribution >= 4 is 29.0 Å². The molecule has 39 heavy (non-hydrogen) atoms. The van der Waals surface area contributed by atoms with Crippen LogP contribution in [0.25, 0.3) is 10.4 Å². The van der Waals surface area contributed by atoms with Gasteiger partial charge in [-0.3, -0.25) is 9.59 Å². The van der Waals surface area contributed by atoms with Gasteiger partial charge in [0.15, 0.2) is 5.01 Å². The van der Waals surface area contributed by atoms with Gasteiger partial charge in [0.1, 0.15) is 11.5 Å². The van der Waals surface area contributed by atoms with Gasteiger partial charge in [-0.25, -0.2) is 9.97 Å². The van der Waals surface area contributed by atoms with Gasteiger partial charge in [0.05, 0.1) is 23.1 Å². The van der Waals surface area contributed by atoms with E-state index < -0.39 is 29.1 Å². The predicted molar refractivity (Wildman–Crippen MR) is 144 cm³/mol. The molecule has 2 aromatic heterocycles. The fourth-order valence-electron chi connectivity index (χ4n) is 5.31. The minimum absolute atomic E-state index is 0.000112. The molecular formula is C27H36F3N5O3S. The number of rotatable bonds is 6. The number of methoxy groups -OCH3 is 1. The van der Waals surface area contributed by atoms with Crippen LogP contribution in [0.4, 0.5) is 19.0 Å². The quantitative estimate of drug-likeness (QED) is 0.492. The summed E-state index contributed by atoms with van der Waals surface area (Å²) in [4.78, 5) is 39.2. The molecule has 0 spiro atoms. The molecule has 0 bridgehead atoms. The molecule has 2 unspecified atom stereocenters. The number of ether oxygens (including phenoxy) is 1. The van der Waals surface area contributed by atoms with Gasteiger partial charge in [-0.05, 0) is 58.9 Å². The number of amides is 2. The highest BCUT2D eigenvalue weighted by Crippen LogP contribution is 2.42. The molecule has 0 radical (unpaired) electrons. The summed E-state index contributed by atoms with van der Waals surface area (Å²) in [5.74, 6) is -0.579. The molecule has 2 aliphatic rings. The first kappa shape index (κ1) is 29.3. The van der Waals surface area contributed by atoms with Crippen LogP contribution in [0, 0.1) is 5.92 Å². The zero-order chi connectivity index (χ0) is 28.7. The highest BCUT2D eigenvalue weighted by atomic mass is 32.1. The van der Waals surface area contributed by atoms with Crippen molar-refractivity contribution in [2.24, 2.45) is 5.92 Å². The number of carbonyl (C=O) groups excluding carboxylic acids is 2. The van der Waals surface area contributed by atoms with Crippen molar-refractivity contribution < 1.29 is 27.5 Å². The maximum absolute atomic E-state index is 14.4. The number of halogens is 3. The second-order valence-electron chi connectivity index (χ2n) is 11.6. The molecule has 1 N–H and O–H groups in total. The zero-order valence-electron chi connectivity index (χ0n) is 23.2. The summed E-state index contributed by atoms with van der Waals surface area (Å²) in [5.41, 5.74) is -1.86. The van der Waals surface area contributed by atoms with Crippen molar-refractivity contribution in [1.29, 1.82) is 0 Å². The number of hydrogen-bond acceptors (Lipinski definition) is 7. The van der Waals surface area contributed by atoms with E-state index in [-0.39, 0.29) is 45.0 Å². The molecule has 2 aromatic rings. The molecule has 0 saturated carbocycles. The Bertz CT molecular complexity index is 1230. The summed E-state index contributed by atoms with van der Waals surface area (Å²) in [6.45, 7) is 10.7. The second-order valence-corrected chi connectivity index (χ2v) is 12.6. The molecule has 0 aromatic carbocycles. The number of thiazole rings is 1. The highest BCUT2D eigenvalue weighted by Gasteiger charge is 2.40. The average molecular weight is 568 g/mol. The lowest BCUT2D eigenvalue weighted by Crippen LogP contribution is -2.38. The summed E-state index contributed by atoms with van der Waals surface area (Å²) in [6.07, 6.45) is -1.27. The molecular weight excluding hydrogens is 531 g/mol. The van der Waals surface area contributed by atoms with Crippen molar-refractivity contribution in [2.75, 3.05) is 32.1 Å². The summed E-state index contributed by atoms with van der Waals surface area (Å²) in [7, 11) is 1.56. The SMILES string of the molecule is COCC1CC(C)CN1C(=O)c1nc(C(=O)N2CCC[C@@H]2C)c(-c2cnc(NC(C)(C)C)cc2C(F)(F)F)s1. The van der Waals surface area contributed by atoms with E-state index in [0.29, 0.717) is 19.7 Å². The topological polar surface area (TPSA) is 87.7 Å². The van der Waals surface area contributed by atoms with Crippen LogP contribution in [0.3, 0.4) is 0 Å². The summed E-state index contributed by atoms with van der Waals surface area (Å²) >= 11 is 0.815. The molecule has 8 nitrogen and oxygen atoms in total. The Morgan fingerprint density at radius 2 is 1.90 bits per heavy atom. The van der Waals surface area contributed by atoms with Gasteiger partial charge < -0.3 is 19.9 Å². The third kappa shape index (κ3) is 6.37. The van der Waals surface area contributed by atoms with E-state index in [0.717, 1.165) is 42.9 Å². The van der Waals surface area contributed by atoms with E-state index in [2.05, 4.69) is 15.3 Å². The lowest BCUT2D eigenvalue weighted by molar-refractivity contribution is -0.137. The fraction of sp³-hybridized carbons (Fsp3) is 0.630. The summed E-state index contributed by atoms with van der Waals surface area (Å²) in [5, 5.41) is 2.96. The van der Waals surface area contributed by atoms with Crippen molar-refractivity contribution in [3.8, 4) is 10.4 Å². The Morgan fingerprint density at radius 3 is 2.49 bits per heavy atom. The molecule has 12 heteroatoms. The van der Waals surface area contributed by atoms with Gasteiger partial charge in [-0.1, -0.05) is 6.92 Å². The van der Waals surface area contributed by atoms with Crippen LogP contribution in [0.2, 0.25) is 0 Å². The van der Waals surface area contributed by atoms with Crippen molar-refractivity contribution in [3.05, 3.63) is 28.5 Å². The number of pyridine rings is 1. The van der Waals surface area contributed by atoms with Crippen molar-refractivity contribution in [3.63, 3.8) is 0 Å². The Labute approximate surface area is 230 Å². The van der Waals surface area contributed by atoms with E-state index in [1.54, 1.807) is 16.9 Å². The molecule has 0 aliphatic carbocycles. The van der Waals surface area contributed by atoms with E-state index in [1.807, 2.05) is 34.6 Å². The lowest BCUT2D eigenvalue weighted by atomic mass is 10.1. The van der Waals surface area contributed by atoms with Gasteiger partial charge in [0.2, 0.25) is 0 Å². The number of likely N-dealkylation sites (tertiary alicyclic amines) is 2. The molecule has 4 rings (SSSR count). The molecule has 4 heterocycles. The second kappa shape index (κ2) is 11.0. The Hall–Kier alpha value is -2.73. The van der Waals surface area contributed by atoms with E-state index >= 15 is 0 Å². The van der Waals surface area contributed by atoms with Crippen LogP contribution in [-0.2, 0) is 10.9 Å². The molecule has 2 saturated heterocycles. The summed E-state index contributed by atoms with van der Waals surface area (Å²) in [6, 6.07) is 0.707. The maximum Gasteiger partial charge on any atom is 0.417 e. The smallest absolute Gasteiger partial charge is 0.383 e. The third-order valence-corrected chi connectivity index (χ3v) is 8.10. The van der Waals surface area contributed by atoms with Gasteiger partial charge in [-0.2, -0.15) is 13.2 Å². The number of hydrogen-bond donors (Lipinski definition) is 1. The number of nitrogens with one attached hydrogen (secondary N) is 1. The molecule has 214 valence electrons. The number of alkyl halides is 3. The van der Waals surface area contributed by atoms with E-state index in [9.17, 15) is 22.8 Å². The molecule has 2 aliphatic heterocycles. The molecule has 2 amide bonds. The monoisotopic (exact) mass is 567 g/mol. The number of anilines is 1. The van der Waals surface area contributed by atoms with Gasteiger partial charge in [0.25, 0.3) is 11.8 Å². The van der Waals surface area contributed by atoms with E-state index in [4.69, 9.17) is 4.74 Å². The van der Waals surface area contributed by atoms with Crippen LogP contribution >= 0.6 is 11.3 Å². The van der Waals surface area contributed by atoms with Crippen molar-refractivity contribution in [1.82, 2.24) is 19.8 Å². The first-order valence-electron chi connectivity index (χ1n) is 13.2. The number of carbonyl (C=O) groups is 2. The standard InChI is InChI=1S/C27H36F3N5O3S/c1-15-10-17(14-38-6)35(13-15)25(37)23-32-21(24(36)34-9-7-8-16(34)2)22(39-23)18-12-31-20(33-26(3,4)5)11-19(18)27(28,29)30/h11-12,15-17H,7-10,13-14H2,1-6H3,(H,31,33)/t15?,16-,17?/m0/s1. The number of nitrogens with zero attached hydrogens (tertiary/aromatic N) is 4. The molecule has 2 fully saturated rings. The van der Waals surface area contributed by atoms with Crippen molar-refractivity contribution in [2.45, 2.75) is 77.7 Å². The van der Waals surface area contributed by atoms with Gasteiger partial charge >= 0.3 is 6.18 Å². The Balaban J connectivity index is 1.83. The predicted octanol–water partition coefficient (Wildman–Crippen LogP) is 5.56. The van der Waals surface area contributed by atoms with Crippen LogP contribution in [0.5, 0.6) is 0 Å². The third-order valence-electron chi connectivity index (χ3n) is 7.03. The lowest BCUT2D eigenvalue weighted by Gasteiger charge is -2.23. The van der Waals surface area contributed by atoms with E-state index in [1.165, 1.54) is 0 Å². The maximum atomic E-state index is 14.4. The molecule has 3 atom stereocenters. The van der Waals surface area contributed by atoms with Crippen LogP contribution in [-0.4, -0.2) is 76.0 Å². The largest absolute Gasteiger partial charge is 0.417 e.